The minimum Gasteiger partial charge on any atom is -0.394 e. The summed E-state index contributed by atoms with van der Waals surface area (Å²) >= 11 is 0. The highest BCUT2D eigenvalue weighted by molar-refractivity contribution is 5.27. The number of allylic oxidation sites excluding steroid dienone is 1. The van der Waals surface area contributed by atoms with Gasteiger partial charge >= 0.3 is 0 Å². The molecule has 2 spiro atoms. The Hall–Kier alpha value is -1.30. The van der Waals surface area contributed by atoms with Crippen LogP contribution in [-0.2, 0) is 56.8 Å². The quantitative estimate of drug-likeness (QED) is 0.0658. The third-order valence-corrected chi connectivity index (χ3v) is 22.5. The van der Waals surface area contributed by atoms with Crippen LogP contribution in [0.5, 0.6) is 0 Å². The van der Waals surface area contributed by atoms with Crippen LogP contribution >= 0.6 is 0 Å². The molecule has 0 aromatic heterocycles. The zero-order valence-corrected chi connectivity index (χ0v) is 49.2. The van der Waals surface area contributed by atoms with Crippen molar-refractivity contribution in [3.05, 3.63) is 11.6 Å². The summed E-state index contributed by atoms with van der Waals surface area (Å²) in [7, 11) is 0. The molecule has 11 aliphatic rings. The largest absolute Gasteiger partial charge is 0.394 e. The maximum atomic E-state index is 12.3. The van der Waals surface area contributed by atoms with Gasteiger partial charge in [-0.05, 0) is 100 Å². The number of hydrogen-bond donors (Lipinski definition) is 14. The Labute approximate surface area is 488 Å². The van der Waals surface area contributed by atoms with Crippen molar-refractivity contribution in [2.45, 2.75) is 272 Å². The molecule has 482 valence electrons. The van der Waals surface area contributed by atoms with Crippen LogP contribution in [0.4, 0.5) is 0 Å². The van der Waals surface area contributed by atoms with Gasteiger partial charge in [-0.3, -0.25) is 0 Å². The van der Waals surface area contributed by atoms with E-state index in [1.165, 1.54) is 6.92 Å². The van der Waals surface area contributed by atoms with Gasteiger partial charge in [-0.25, -0.2) is 0 Å². The second kappa shape index (κ2) is 23.4. The normalized spacial score (nSPS) is 57.1. The first-order valence-corrected chi connectivity index (χ1v) is 30.3. The van der Waals surface area contributed by atoms with Gasteiger partial charge in [0.25, 0.3) is 0 Å². The fourth-order valence-electron chi connectivity index (χ4n) is 18.3. The van der Waals surface area contributed by atoms with Crippen LogP contribution in [0.25, 0.3) is 0 Å². The second-order valence-electron chi connectivity index (χ2n) is 28.2. The molecular weight excluding hydrogens is 1110 g/mol. The number of ether oxygens (including phenoxy) is 12. The summed E-state index contributed by atoms with van der Waals surface area (Å²) < 4.78 is 75.5. The number of aliphatic hydroxyl groups is 14. The van der Waals surface area contributed by atoms with Crippen molar-refractivity contribution in [2.75, 3.05) is 33.0 Å². The molecule has 2 bridgehead atoms. The van der Waals surface area contributed by atoms with Crippen molar-refractivity contribution in [2.24, 2.45) is 45.3 Å². The van der Waals surface area contributed by atoms with Gasteiger partial charge in [0.15, 0.2) is 37.2 Å². The number of aliphatic hydroxyl groups excluding tert-OH is 13. The van der Waals surface area contributed by atoms with Gasteiger partial charge in [-0.2, -0.15) is 0 Å². The van der Waals surface area contributed by atoms with Gasteiger partial charge in [-0.15, -0.1) is 0 Å². The molecule has 34 atom stereocenters. The third kappa shape index (κ3) is 10.5. The zero-order valence-electron chi connectivity index (χ0n) is 49.2. The molecule has 4 saturated carbocycles. The Morgan fingerprint density at radius 3 is 1.93 bits per heavy atom. The first kappa shape index (κ1) is 64.2. The highest BCUT2D eigenvalue weighted by Gasteiger charge is 2.81. The zero-order chi connectivity index (χ0) is 60.7. The van der Waals surface area contributed by atoms with E-state index in [4.69, 9.17) is 56.8 Å². The van der Waals surface area contributed by atoms with Crippen LogP contribution in [0.3, 0.4) is 0 Å². The summed E-state index contributed by atoms with van der Waals surface area (Å²) in [5.41, 5.74) is -0.980. The molecule has 0 aromatic carbocycles. The fourth-order valence-corrected chi connectivity index (χ4v) is 18.3. The second-order valence-corrected chi connectivity index (χ2v) is 28.2. The molecule has 0 radical (unpaired) electrons. The first-order chi connectivity index (χ1) is 39.4. The average Bonchev–Trinajstić information content (AvgIpc) is 1.44. The highest BCUT2D eigenvalue weighted by atomic mass is 16.8. The van der Waals surface area contributed by atoms with Crippen molar-refractivity contribution >= 4 is 0 Å². The summed E-state index contributed by atoms with van der Waals surface area (Å²) in [6, 6.07) is 0. The molecule has 26 nitrogen and oxygen atoms in total. The van der Waals surface area contributed by atoms with E-state index in [9.17, 15) is 71.5 Å². The number of fused-ring (bicyclic) bond motifs is 4. The van der Waals surface area contributed by atoms with Crippen molar-refractivity contribution < 1.29 is 128 Å². The van der Waals surface area contributed by atoms with Crippen molar-refractivity contribution in [3.63, 3.8) is 0 Å². The summed E-state index contributed by atoms with van der Waals surface area (Å²) in [5, 5.41) is 154. The van der Waals surface area contributed by atoms with E-state index in [2.05, 4.69) is 33.8 Å². The van der Waals surface area contributed by atoms with E-state index < -0.39 is 191 Å². The highest BCUT2D eigenvalue weighted by Crippen LogP contribution is 2.80. The monoisotopic (exact) mass is 1210 g/mol. The van der Waals surface area contributed by atoms with Crippen LogP contribution in [0.15, 0.2) is 11.6 Å². The van der Waals surface area contributed by atoms with Gasteiger partial charge in [0.1, 0.15) is 104 Å². The Bertz CT molecular complexity index is 2330. The lowest BCUT2D eigenvalue weighted by atomic mass is 9.35. The van der Waals surface area contributed by atoms with Gasteiger partial charge < -0.3 is 128 Å². The van der Waals surface area contributed by atoms with Crippen LogP contribution in [0.2, 0.25) is 0 Å². The topological polar surface area (TPSA) is 394 Å². The first-order valence-electron chi connectivity index (χ1n) is 30.3. The lowest BCUT2D eigenvalue weighted by Crippen LogP contribution is -2.68. The van der Waals surface area contributed by atoms with Crippen LogP contribution < -0.4 is 0 Å². The molecule has 7 saturated heterocycles. The van der Waals surface area contributed by atoms with E-state index in [1.54, 1.807) is 0 Å². The molecule has 11 rings (SSSR count). The van der Waals surface area contributed by atoms with Gasteiger partial charge in [-0.1, -0.05) is 39.3 Å². The van der Waals surface area contributed by atoms with E-state index in [0.717, 1.165) is 44.1 Å². The summed E-state index contributed by atoms with van der Waals surface area (Å²) in [4.78, 5) is 0. The Morgan fingerprint density at radius 1 is 0.583 bits per heavy atom. The molecule has 7 heterocycles. The number of rotatable bonds is 13. The standard InChI is InChI=1S/C58H94O26/c1-23(2)15-25-16-56(8,72)47-26-9-10-32-54(6)13-12-33(53(4,5)31(54)11-14-55(32,7)57(26)21-58(47,84-25)76-22-57)80-51-46(83-50-43(71)38(66)34(62)24(3)77-50)44(28(61)19-74-51)81-52-45(82-49-41(69)35(63)27(60)18-73-49)40(68)37(65)30(79-52)20-75-48-42(70)39(67)36(64)29(17-59)78-48/h15,24-52,59-72H,9-14,16-22H2,1-8H3/t24-,25-,26+,27+,28-,29+,30+,31+,32+,33-,34-,35-,36+,37+,38+,39-,40-,41+,42+,43+,44-,45+,46+,47-,48+,49-,50-,51-,52-,54-,55+,56-,57-,58-/m0/s1. The SMILES string of the molecule is CC(C)=C[C@H]1C[C@](C)(O)[C@@H]2[C@H]3CC[C@@H]4[C@@]5(C)CC[C@H](O[C@@H]6OC[C@H](O)[C@H](O[C@@H]7O[C@H](CO[C@@H]8O[C@H](CO)[C@@H](O)[C@H](O)[C@H]8O)[C@@H](O)[C@H](O)[C@H]7O[C@@H]7OC[C@@H](O)[C@H](O)[C@H]7O)[C@H]6O[C@@H]6O[C@@H](C)[C@H](O)[C@@H](O)[C@H]6O)C(C)(C)[C@H]5CC[C@@]4(C)[C@@]34CO[C@@]2(C4)O1. The Morgan fingerprint density at radius 2 is 1.21 bits per heavy atom. The Kier molecular flexibility index (Phi) is 17.9. The molecule has 0 amide bonds. The third-order valence-electron chi connectivity index (χ3n) is 22.5. The molecule has 0 aromatic rings. The summed E-state index contributed by atoms with van der Waals surface area (Å²) in [6.45, 7) is 14.8. The van der Waals surface area contributed by atoms with Crippen LogP contribution in [0, 0.1) is 45.3 Å². The fraction of sp³-hybridized carbons (Fsp3) is 0.966. The predicted molar refractivity (Wildman–Crippen MR) is 283 cm³/mol. The molecule has 26 heteroatoms. The smallest absolute Gasteiger partial charge is 0.187 e. The minimum atomic E-state index is -2.04. The van der Waals surface area contributed by atoms with Gasteiger partial charge in [0.2, 0.25) is 0 Å². The molecule has 84 heavy (non-hydrogen) atoms. The van der Waals surface area contributed by atoms with Crippen LogP contribution in [-0.4, -0.2) is 269 Å². The van der Waals surface area contributed by atoms with E-state index in [1.807, 2.05) is 20.8 Å². The maximum Gasteiger partial charge on any atom is 0.187 e. The Balaban J connectivity index is 0.870. The molecule has 4 aliphatic carbocycles. The molecule has 7 aliphatic heterocycles. The van der Waals surface area contributed by atoms with E-state index >= 15 is 0 Å². The van der Waals surface area contributed by atoms with E-state index in [-0.39, 0.29) is 46.0 Å². The molecular formula is C58H94O26. The van der Waals surface area contributed by atoms with Crippen molar-refractivity contribution in [3.8, 4) is 0 Å². The average molecular weight is 1210 g/mol. The van der Waals surface area contributed by atoms with Crippen molar-refractivity contribution in [1.82, 2.24) is 0 Å². The summed E-state index contributed by atoms with van der Waals surface area (Å²) in [6.07, 6.45) is -31.8. The molecule has 11 fully saturated rings. The summed E-state index contributed by atoms with van der Waals surface area (Å²) in [5.74, 6) is -0.440. The van der Waals surface area contributed by atoms with Gasteiger partial charge in [0, 0.05) is 24.2 Å². The molecule has 14 N–H and O–H groups in total. The minimum absolute atomic E-state index is 0.110. The lowest BCUT2D eigenvalue weighted by Gasteiger charge is -2.70. The van der Waals surface area contributed by atoms with Gasteiger partial charge in [0.05, 0.1) is 56.9 Å². The lowest BCUT2D eigenvalue weighted by molar-refractivity contribution is -0.401. The predicted octanol–water partition coefficient (Wildman–Crippen LogP) is -2.72. The maximum absolute atomic E-state index is 12.3. The van der Waals surface area contributed by atoms with Crippen LogP contribution in [0.1, 0.15) is 107 Å². The molecule has 0 unspecified atom stereocenters. The van der Waals surface area contributed by atoms with E-state index in [0.29, 0.717) is 19.4 Å². The van der Waals surface area contributed by atoms with Crippen molar-refractivity contribution in [1.29, 1.82) is 0 Å². The number of hydrogen-bond acceptors (Lipinski definition) is 26.